The lowest BCUT2D eigenvalue weighted by molar-refractivity contribution is -0.138. The highest BCUT2D eigenvalue weighted by molar-refractivity contribution is 6.39. The number of likely N-dealkylation sites (N-methyl/N-ethyl adjacent to an activating group) is 1. The number of rotatable bonds is 7. The van der Waals surface area contributed by atoms with E-state index in [0.29, 0.717) is 28.8 Å². The minimum atomic E-state index is -0.409. The first kappa shape index (κ1) is 23.5. The largest absolute Gasteiger partial charge is 0.339 e. The summed E-state index contributed by atoms with van der Waals surface area (Å²) < 4.78 is 0. The predicted molar refractivity (Wildman–Crippen MR) is 125 cm³/mol. The number of halogens is 2. The van der Waals surface area contributed by atoms with Crippen molar-refractivity contribution in [3.63, 3.8) is 0 Å². The molecule has 1 fully saturated rings. The van der Waals surface area contributed by atoms with Gasteiger partial charge < -0.3 is 10.2 Å². The Morgan fingerprint density at radius 2 is 1.61 bits per heavy atom. The molecule has 1 heterocycles. The number of carbonyl (C=O) groups excluding carboxylic acids is 2. The molecule has 0 radical (unpaired) electrons. The molecule has 0 unspecified atom stereocenters. The molecule has 0 aromatic heterocycles. The minimum Gasteiger partial charge on any atom is -0.339 e. The highest BCUT2D eigenvalue weighted by Gasteiger charge is 2.28. The molecule has 1 saturated heterocycles. The first-order valence-electron chi connectivity index (χ1n) is 10.3. The third-order valence-electron chi connectivity index (χ3n) is 5.57. The lowest BCUT2D eigenvalue weighted by atomic mass is 10.2. The van der Waals surface area contributed by atoms with Crippen molar-refractivity contribution in [3.8, 4) is 0 Å². The summed E-state index contributed by atoms with van der Waals surface area (Å²) >= 11 is 12.2. The molecule has 1 aliphatic heterocycles. The zero-order chi connectivity index (χ0) is 22.4. The standard InChI is InChI=1S/C23H28Cl2N4O2/c1-17(27(2)16-21(30)26-22-19(24)9-6-10-20(22)25)23(31)29-13-11-28(12-14-29)15-18-7-4-3-5-8-18/h3-10,17H,11-16H2,1-2H3,(H,26,30)/t17-/m0/s1. The van der Waals surface area contributed by atoms with Gasteiger partial charge in [0, 0.05) is 32.7 Å². The highest BCUT2D eigenvalue weighted by atomic mass is 35.5. The van der Waals surface area contributed by atoms with Gasteiger partial charge in [0.15, 0.2) is 0 Å². The van der Waals surface area contributed by atoms with Crippen LogP contribution in [0.3, 0.4) is 0 Å². The number of benzene rings is 2. The second-order valence-corrected chi connectivity index (χ2v) is 8.64. The normalized spacial score (nSPS) is 15.7. The van der Waals surface area contributed by atoms with E-state index in [9.17, 15) is 9.59 Å². The topological polar surface area (TPSA) is 55.9 Å². The van der Waals surface area contributed by atoms with Gasteiger partial charge in [0.25, 0.3) is 0 Å². The number of amides is 2. The predicted octanol–water partition coefficient (Wildman–Crippen LogP) is 3.60. The van der Waals surface area contributed by atoms with Crippen LogP contribution in [0, 0.1) is 0 Å². The van der Waals surface area contributed by atoms with Crippen molar-refractivity contribution in [3.05, 3.63) is 64.1 Å². The molecule has 1 aliphatic rings. The maximum atomic E-state index is 12.9. The van der Waals surface area contributed by atoms with Gasteiger partial charge in [-0.05, 0) is 31.7 Å². The molecule has 2 amide bonds. The van der Waals surface area contributed by atoms with Crippen LogP contribution in [0.2, 0.25) is 10.0 Å². The summed E-state index contributed by atoms with van der Waals surface area (Å²) in [6.45, 7) is 5.82. The van der Waals surface area contributed by atoms with Crippen LogP contribution in [0.15, 0.2) is 48.5 Å². The van der Waals surface area contributed by atoms with Crippen LogP contribution >= 0.6 is 23.2 Å². The van der Waals surface area contributed by atoms with Gasteiger partial charge in [-0.1, -0.05) is 59.6 Å². The van der Waals surface area contributed by atoms with E-state index in [1.54, 1.807) is 30.1 Å². The average Bonchev–Trinajstić information content (AvgIpc) is 2.76. The number of hydrogen-bond acceptors (Lipinski definition) is 4. The fourth-order valence-corrected chi connectivity index (χ4v) is 4.07. The van der Waals surface area contributed by atoms with Crippen molar-refractivity contribution in [2.24, 2.45) is 0 Å². The van der Waals surface area contributed by atoms with E-state index < -0.39 is 6.04 Å². The SMILES string of the molecule is C[C@@H](C(=O)N1CCN(Cc2ccccc2)CC1)N(C)CC(=O)Nc1c(Cl)cccc1Cl. The van der Waals surface area contributed by atoms with E-state index in [2.05, 4.69) is 22.3 Å². The Balaban J connectivity index is 1.47. The fourth-order valence-electron chi connectivity index (χ4n) is 3.58. The van der Waals surface area contributed by atoms with Crippen LogP contribution in [0.5, 0.6) is 0 Å². The molecule has 2 aromatic carbocycles. The molecule has 2 aromatic rings. The van der Waals surface area contributed by atoms with Crippen molar-refractivity contribution in [1.29, 1.82) is 0 Å². The van der Waals surface area contributed by atoms with Gasteiger partial charge in [0.05, 0.1) is 28.3 Å². The van der Waals surface area contributed by atoms with E-state index in [-0.39, 0.29) is 18.4 Å². The number of nitrogens with one attached hydrogen (secondary N) is 1. The lowest BCUT2D eigenvalue weighted by Gasteiger charge is -2.37. The maximum absolute atomic E-state index is 12.9. The number of piperazine rings is 1. The molecule has 0 spiro atoms. The first-order chi connectivity index (χ1) is 14.8. The van der Waals surface area contributed by atoms with Gasteiger partial charge in [-0.3, -0.25) is 19.4 Å². The Kier molecular flexibility index (Phi) is 8.32. The summed E-state index contributed by atoms with van der Waals surface area (Å²) in [5.74, 6) is -0.240. The van der Waals surface area contributed by atoms with Crippen LogP contribution < -0.4 is 5.32 Å². The van der Waals surface area contributed by atoms with Gasteiger partial charge in [0.2, 0.25) is 11.8 Å². The Morgan fingerprint density at radius 3 is 2.23 bits per heavy atom. The summed E-state index contributed by atoms with van der Waals surface area (Å²) in [6, 6.07) is 15.0. The molecular formula is C23H28Cl2N4O2. The molecule has 6 nitrogen and oxygen atoms in total. The third kappa shape index (κ3) is 6.43. The van der Waals surface area contributed by atoms with Crippen molar-refractivity contribution in [1.82, 2.24) is 14.7 Å². The Morgan fingerprint density at radius 1 is 1.00 bits per heavy atom. The van der Waals surface area contributed by atoms with Crippen LogP contribution in [-0.2, 0) is 16.1 Å². The zero-order valence-electron chi connectivity index (χ0n) is 17.9. The van der Waals surface area contributed by atoms with Crippen molar-refractivity contribution in [2.45, 2.75) is 19.5 Å². The Bertz CT molecular complexity index is 881. The summed E-state index contributed by atoms with van der Waals surface area (Å²) in [4.78, 5) is 31.4. The van der Waals surface area contributed by atoms with Crippen LogP contribution in [0.1, 0.15) is 12.5 Å². The maximum Gasteiger partial charge on any atom is 0.239 e. The second-order valence-electron chi connectivity index (χ2n) is 7.82. The van der Waals surface area contributed by atoms with Gasteiger partial charge in [-0.15, -0.1) is 0 Å². The number of para-hydroxylation sites is 1. The number of hydrogen-bond donors (Lipinski definition) is 1. The smallest absolute Gasteiger partial charge is 0.239 e. The molecule has 1 N–H and O–H groups in total. The lowest BCUT2D eigenvalue weighted by Crippen LogP contribution is -2.54. The number of anilines is 1. The molecule has 0 saturated carbocycles. The minimum absolute atomic E-state index is 0.0328. The molecule has 0 bridgehead atoms. The van der Waals surface area contributed by atoms with E-state index in [1.165, 1.54) is 5.56 Å². The Labute approximate surface area is 193 Å². The molecule has 166 valence electrons. The average molecular weight is 463 g/mol. The molecule has 31 heavy (non-hydrogen) atoms. The highest BCUT2D eigenvalue weighted by Crippen LogP contribution is 2.29. The third-order valence-corrected chi connectivity index (χ3v) is 6.20. The quantitative estimate of drug-likeness (QED) is 0.682. The van der Waals surface area contributed by atoms with Crippen molar-refractivity contribution in [2.75, 3.05) is 45.1 Å². The van der Waals surface area contributed by atoms with Crippen LogP contribution in [0.25, 0.3) is 0 Å². The molecule has 3 rings (SSSR count). The summed E-state index contributed by atoms with van der Waals surface area (Å²) in [5, 5.41) is 3.49. The first-order valence-corrected chi connectivity index (χ1v) is 11.1. The van der Waals surface area contributed by atoms with Crippen molar-refractivity contribution >= 4 is 40.7 Å². The fraction of sp³-hybridized carbons (Fsp3) is 0.391. The summed E-state index contributed by atoms with van der Waals surface area (Å²) in [5.41, 5.74) is 1.66. The van der Waals surface area contributed by atoms with Crippen LogP contribution in [-0.4, -0.2) is 72.3 Å². The number of nitrogens with zero attached hydrogens (tertiary/aromatic N) is 3. The van der Waals surface area contributed by atoms with Crippen LogP contribution in [0.4, 0.5) is 5.69 Å². The molecular weight excluding hydrogens is 435 g/mol. The van der Waals surface area contributed by atoms with E-state index in [0.717, 1.165) is 19.6 Å². The van der Waals surface area contributed by atoms with E-state index in [1.807, 2.05) is 30.0 Å². The van der Waals surface area contributed by atoms with Gasteiger partial charge in [-0.2, -0.15) is 0 Å². The monoisotopic (exact) mass is 462 g/mol. The van der Waals surface area contributed by atoms with Crippen molar-refractivity contribution < 1.29 is 9.59 Å². The zero-order valence-corrected chi connectivity index (χ0v) is 19.4. The summed E-state index contributed by atoms with van der Waals surface area (Å²) in [7, 11) is 1.77. The number of carbonyl (C=O) groups is 2. The van der Waals surface area contributed by atoms with E-state index in [4.69, 9.17) is 23.2 Å². The molecule has 8 heteroatoms. The van der Waals surface area contributed by atoms with Gasteiger partial charge in [-0.25, -0.2) is 0 Å². The Hall–Kier alpha value is -2.12. The van der Waals surface area contributed by atoms with E-state index >= 15 is 0 Å². The summed E-state index contributed by atoms with van der Waals surface area (Å²) in [6.07, 6.45) is 0. The van der Waals surface area contributed by atoms with Gasteiger partial charge in [0.1, 0.15) is 0 Å². The molecule has 0 aliphatic carbocycles. The van der Waals surface area contributed by atoms with Gasteiger partial charge >= 0.3 is 0 Å². The molecule has 1 atom stereocenters. The second kappa shape index (κ2) is 11.0.